The zero-order valence-electron chi connectivity index (χ0n) is 17.0. The van der Waals surface area contributed by atoms with Gasteiger partial charge in [-0.1, -0.05) is 11.3 Å². The molecule has 0 radical (unpaired) electrons. The van der Waals surface area contributed by atoms with Crippen LogP contribution in [0.2, 0.25) is 0 Å². The summed E-state index contributed by atoms with van der Waals surface area (Å²) >= 11 is 2.53. The summed E-state index contributed by atoms with van der Waals surface area (Å²) in [6, 6.07) is 10.3. The van der Waals surface area contributed by atoms with Gasteiger partial charge in [0.2, 0.25) is 15.9 Å². The van der Waals surface area contributed by atoms with Crippen LogP contribution < -0.4 is 9.94 Å². The van der Waals surface area contributed by atoms with E-state index in [0.29, 0.717) is 20.8 Å². The van der Waals surface area contributed by atoms with E-state index in [1.807, 2.05) is 0 Å². The van der Waals surface area contributed by atoms with Crippen molar-refractivity contribution >= 4 is 55.2 Å². The predicted octanol–water partition coefficient (Wildman–Crippen LogP) is 2.66. The van der Waals surface area contributed by atoms with E-state index in [1.54, 1.807) is 22.8 Å². The lowest BCUT2D eigenvalue weighted by Crippen LogP contribution is -2.19. The Morgan fingerprint density at radius 3 is 2.56 bits per heavy atom. The van der Waals surface area contributed by atoms with Crippen LogP contribution in [0, 0.1) is 5.82 Å². The molecule has 3 aromatic rings. The molecule has 1 aromatic heterocycles. The van der Waals surface area contributed by atoms with Crippen molar-refractivity contribution in [3.8, 4) is 0 Å². The zero-order chi connectivity index (χ0) is 23.3. The van der Waals surface area contributed by atoms with E-state index >= 15 is 0 Å². The molecule has 8 nitrogen and oxygen atoms in total. The third-order valence-corrected chi connectivity index (χ3v) is 7.33. The molecule has 2 N–H and O–H groups in total. The summed E-state index contributed by atoms with van der Waals surface area (Å²) < 4.78 is 43.2. The molecule has 0 bridgehead atoms. The highest BCUT2D eigenvalue weighted by atomic mass is 32.2. The van der Waals surface area contributed by atoms with E-state index in [4.69, 9.17) is 5.14 Å². The fraction of sp³-hybridized carbons (Fsp3) is 0.250. The van der Waals surface area contributed by atoms with Crippen molar-refractivity contribution in [2.75, 3.05) is 12.9 Å². The summed E-state index contributed by atoms with van der Waals surface area (Å²) in [6.45, 7) is 0.206. The van der Waals surface area contributed by atoms with E-state index in [9.17, 15) is 22.4 Å². The van der Waals surface area contributed by atoms with Gasteiger partial charge in [0.15, 0.2) is 4.80 Å². The maximum absolute atomic E-state index is 13.0. The largest absolute Gasteiger partial charge is 0.469 e. The van der Waals surface area contributed by atoms with Crippen molar-refractivity contribution < 1.29 is 27.1 Å². The first kappa shape index (κ1) is 24.1. The van der Waals surface area contributed by atoms with Gasteiger partial charge in [0, 0.05) is 23.6 Å². The number of nitrogens with two attached hydrogens (primary N) is 1. The smallest absolute Gasteiger partial charge is 0.307 e. The molecule has 0 unspecified atom stereocenters. The molecule has 3 rings (SSSR count). The molecule has 0 fully saturated rings. The Morgan fingerprint density at radius 1 is 1.19 bits per heavy atom. The fourth-order valence-corrected chi connectivity index (χ4v) is 5.35. The number of benzene rings is 2. The van der Waals surface area contributed by atoms with Crippen LogP contribution in [0.15, 0.2) is 57.2 Å². The molecule has 0 aliphatic carbocycles. The van der Waals surface area contributed by atoms with Crippen LogP contribution in [0.25, 0.3) is 10.2 Å². The number of sulfonamides is 1. The molecule has 170 valence electrons. The molecule has 2 aromatic carbocycles. The molecule has 1 amide bonds. The normalized spacial score (nSPS) is 12.3. The average Bonchev–Trinajstić information content (AvgIpc) is 3.08. The zero-order valence-corrected chi connectivity index (χ0v) is 19.4. The second kappa shape index (κ2) is 10.4. The topological polar surface area (TPSA) is 121 Å². The number of fused-ring (bicyclic) bond motifs is 1. The van der Waals surface area contributed by atoms with Gasteiger partial charge in [-0.25, -0.2) is 17.9 Å². The van der Waals surface area contributed by atoms with Gasteiger partial charge >= 0.3 is 5.97 Å². The van der Waals surface area contributed by atoms with Gasteiger partial charge in [-0.3, -0.25) is 9.59 Å². The Kier molecular flexibility index (Phi) is 7.82. The quantitative estimate of drug-likeness (QED) is 0.377. The van der Waals surface area contributed by atoms with Gasteiger partial charge in [-0.05, 0) is 42.5 Å². The number of aryl methyl sites for hydroxylation is 1. The molecular weight excluding hydrogens is 477 g/mol. The Morgan fingerprint density at radius 2 is 1.91 bits per heavy atom. The summed E-state index contributed by atoms with van der Waals surface area (Å²) in [5.74, 6) is -0.667. The minimum atomic E-state index is -3.89. The number of hydrogen-bond acceptors (Lipinski definition) is 7. The summed E-state index contributed by atoms with van der Waals surface area (Å²) in [6.07, 6.45) is 0.205. The van der Waals surface area contributed by atoms with Gasteiger partial charge < -0.3 is 9.30 Å². The Bertz CT molecular complexity index is 1310. The molecule has 0 atom stereocenters. The monoisotopic (exact) mass is 497 g/mol. The number of hydrogen-bond donors (Lipinski definition) is 1. The molecule has 0 spiro atoms. The van der Waals surface area contributed by atoms with Crippen molar-refractivity contribution in [1.82, 2.24) is 4.57 Å². The maximum Gasteiger partial charge on any atom is 0.307 e. The second-order valence-electron chi connectivity index (χ2n) is 6.59. The van der Waals surface area contributed by atoms with E-state index < -0.39 is 16.0 Å². The molecule has 32 heavy (non-hydrogen) atoms. The number of carbonyl (C=O) groups is 2. The second-order valence-corrected chi connectivity index (χ2v) is 10.3. The number of thioether (sulfide) groups is 1. The van der Waals surface area contributed by atoms with Crippen LogP contribution in [0.5, 0.6) is 0 Å². The van der Waals surface area contributed by atoms with Crippen molar-refractivity contribution in [2.45, 2.75) is 29.2 Å². The molecule has 0 aliphatic heterocycles. The van der Waals surface area contributed by atoms with E-state index in [0.717, 1.165) is 16.2 Å². The highest BCUT2D eigenvalue weighted by Crippen LogP contribution is 2.22. The number of aromatic nitrogens is 1. The van der Waals surface area contributed by atoms with Crippen LogP contribution >= 0.6 is 23.1 Å². The van der Waals surface area contributed by atoms with Crippen molar-refractivity contribution in [3.63, 3.8) is 0 Å². The van der Waals surface area contributed by atoms with E-state index in [-0.39, 0.29) is 36.0 Å². The molecule has 12 heteroatoms. The molecule has 1 heterocycles. The number of carbonyl (C=O) groups excluding carboxylic acids is 2. The number of primary sulfonamides is 1. The number of methoxy groups -OCH3 is 1. The van der Waals surface area contributed by atoms with E-state index in [1.165, 1.54) is 43.1 Å². The average molecular weight is 498 g/mol. The maximum atomic E-state index is 13.0. The van der Waals surface area contributed by atoms with E-state index in [2.05, 4.69) is 9.73 Å². The standard InChI is InChI=1S/C20H20FN3O5S3/c1-29-19(26)8-10-24-16-7-6-15(32(22,27)28)12-17(16)31-20(24)23-18(25)9-11-30-14-4-2-13(21)3-5-14/h2-7,12H,8-11H2,1H3,(H2,22,27,28). The lowest BCUT2D eigenvalue weighted by atomic mass is 10.3. The molecule has 0 aliphatic rings. The van der Waals surface area contributed by atoms with Crippen LogP contribution in [0.1, 0.15) is 12.8 Å². The van der Waals surface area contributed by atoms with Gasteiger partial charge in [0.05, 0.1) is 28.6 Å². The Labute approximate surface area is 192 Å². The predicted molar refractivity (Wildman–Crippen MR) is 120 cm³/mol. The van der Waals surface area contributed by atoms with Crippen molar-refractivity contribution in [1.29, 1.82) is 0 Å². The minimum absolute atomic E-state index is 0.0556. The summed E-state index contributed by atoms with van der Waals surface area (Å²) in [4.78, 5) is 29.4. The minimum Gasteiger partial charge on any atom is -0.469 e. The first-order chi connectivity index (χ1) is 15.2. The molecule has 0 saturated carbocycles. The first-order valence-electron chi connectivity index (χ1n) is 9.36. The number of esters is 1. The SMILES string of the molecule is COC(=O)CCn1c(=NC(=O)CCSc2ccc(F)cc2)sc2cc(S(N)(=O)=O)ccc21. The summed E-state index contributed by atoms with van der Waals surface area (Å²) in [7, 11) is -2.61. The van der Waals surface area contributed by atoms with Crippen LogP contribution in [0.4, 0.5) is 4.39 Å². The number of rotatable bonds is 8. The van der Waals surface area contributed by atoms with Crippen molar-refractivity contribution in [2.24, 2.45) is 10.1 Å². The molecular formula is C20H20FN3O5S3. The third kappa shape index (κ3) is 6.25. The first-order valence-corrected chi connectivity index (χ1v) is 12.7. The highest BCUT2D eigenvalue weighted by Gasteiger charge is 2.14. The van der Waals surface area contributed by atoms with Crippen molar-refractivity contribution in [3.05, 3.63) is 53.1 Å². The number of thiazole rings is 1. The number of amides is 1. The Hall–Kier alpha value is -2.54. The fourth-order valence-electron chi connectivity index (χ4n) is 2.79. The number of nitrogens with zero attached hydrogens (tertiary/aromatic N) is 2. The van der Waals surface area contributed by atoms with Crippen LogP contribution in [0.3, 0.4) is 0 Å². The summed E-state index contributed by atoms with van der Waals surface area (Å²) in [5.41, 5.74) is 0.624. The highest BCUT2D eigenvalue weighted by molar-refractivity contribution is 7.99. The van der Waals surface area contributed by atoms with Crippen LogP contribution in [-0.4, -0.2) is 37.7 Å². The third-order valence-electron chi connectivity index (χ3n) is 4.37. The van der Waals surface area contributed by atoms with Crippen LogP contribution in [-0.2, 0) is 30.9 Å². The van der Waals surface area contributed by atoms with Gasteiger partial charge in [0.25, 0.3) is 0 Å². The summed E-state index contributed by atoms with van der Waals surface area (Å²) in [5, 5.41) is 5.21. The Balaban J connectivity index is 1.86. The number of ether oxygens (including phenoxy) is 1. The van der Waals surface area contributed by atoms with Gasteiger partial charge in [0.1, 0.15) is 5.82 Å². The van der Waals surface area contributed by atoms with Gasteiger partial charge in [-0.2, -0.15) is 4.99 Å². The number of halogens is 1. The lowest BCUT2D eigenvalue weighted by Gasteiger charge is -2.05. The van der Waals surface area contributed by atoms with Gasteiger partial charge in [-0.15, -0.1) is 11.8 Å². The lowest BCUT2D eigenvalue weighted by molar-refractivity contribution is -0.140. The molecule has 0 saturated heterocycles.